The molecule has 0 radical (unpaired) electrons. The van der Waals surface area contributed by atoms with Gasteiger partial charge in [0.2, 0.25) is 17.7 Å². The number of aromatic nitrogens is 1. The Balaban J connectivity index is 1.48. The number of nitrogens with one attached hydrogen (secondary N) is 3. The molecule has 2 atom stereocenters. The van der Waals surface area contributed by atoms with E-state index in [1.54, 1.807) is 24.4 Å². The Hall–Kier alpha value is -5.22. The van der Waals surface area contributed by atoms with Crippen molar-refractivity contribution in [3.8, 4) is 5.75 Å². The molecule has 0 aliphatic rings. The minimum atomic E-state index is -0.852. The molecule has 0 saturated heterocycles. The number of nitrogen functional groups attached to an aromatic ring is 1. The topological polar surface area (TPSA) is 167 Å². The second kappa shape index (κ2) is 15.9. The predicted octanol–water partition coefficient (Wildman–Crippen LogP) is 2.59. The fourth-order valence-corrected chi connectivity index (χ4v) is 4.82. The number of carbonyl (C=O) groups excluding carboxylic acids is 3. The minimum Gasteiger partial charge on any atom is -0.508 e. The standard InChI is InChI=1S/C34H37N5O5/c35-30-20-24(16-17-36-30)10-15-29(33(43)38-22-25-8-6-23(7-9-25)21-31(42)37-18-19-40)39-34(44)32(26-4-2-1-3-5-26)27-11-13-28(41)14-12-27/h1-9,11-14,16-17,20,29,32,40-41H,10,15,18-19,21-22H2,(H2,35,36)(H,37,42)(H,38,43)(H,39,44). The zero-order valence-electron chi connectivity index (χ0n) is 24.3. The van der Waals surface area contributed by atoms with Crippen molar-refractivity contribution in [2.45, 2.75) is 37.8 Å². The van der Waals surface area contributed by atoms with E-state index in [1.165, 1.54) is 12.1 Å². The highest BCUT2D eigenvalue weighted by atomic mass is 16.3. The third kappa shape index (κ3) is 9.40. The lowest BCUT2D eigenvalue weighted by molar-refractivity contribution is -0.129. The van der Waals surface area contributed by atoms with Gasteiger partial charge in [0, 0.05) is 19.3 Å². The first-order valence-corrected chi connectivity index (χ1v) is 14.4. The van der Waals surface area contributed by atoms with Crippen LogP contribution in [0.1, 0.15) is 40.2 Å². The molecule has 0 fully saturated rings. The van der Waals surface area contributed by atoms with Gasteiger partial charge < -0.3 is 31.9 Å². The molecule has 228 valence electrons. The van der Waals surface area contributed by atoms with Crippen molar-refractivity contribution >= 4 is 23.5 Å². The van der Waals surface area contributed by atoms with Crippen LogP contribution in [-0.4, -0.2) is 52.1 Å². The molecule has 0 saturated carbocycles. The summed E-state index contributed by atoms with van der Waals surface area (Å²) in [6.45, 7) is 0.312. The van der Waals surface area contributed by atoms with Crippen LogP contribution in [0.2, 0.25) is 0 Å². The maximum absolute atomic E-state index is 13.8. The Morgan fingerprint density at radius 2 is 1.48 bits per heavy atom. The summed E-state index contributed by atoms with van der Waals surface area (Å²) in [5.41, 5.74) is 9.80. The quantitative estimate of drug-likeness (QED) is 0.130. The van der Waals surface area contributed by atoms with Crippen LogP contribution >= 0.6 is 0 Å². The number of benzene rings is 3. The van der Waals surface area contributed by atoms with E-state index in [1.807, 2.05) is 60.7 Å². The molecular weight excluding hydrogens is 558 g/mol. The summed E-state index contributed by atoms with van der Waals surface area (Å²) < 4.78 is 0. The number of hydrogen-bond acceptors (Lipinski definition) is 7. The molecule has 4 rings (SSSR count). The Kier molecular flexibility index (Phi) is 11.4. The van der Waals surface area contributed by atoms with Gasteiger partial charge in [-0.25, -0.2) is 4.98 Å². The van der Waals surface area contributed by atoms with E-state index < -0.39 is 12.0 Å². The van der Waals surface area contributed by atoms with Gasteiger partial charge in [-0.15, -0.1) is 0 Å². The number of nitrogens with two attached hydrogens (primary N) is 1. The van der Waals surface area contributed by atoms with E-state index in [0.717, 1.165) is 22.3 Å². The van der Waals surface area contributed by atoms with E-state index in [-0.39, 0.29) is 49.6 Å². The lowest BCUT2D eigenvalue weighted by Gasteiger charge is -2.23. The fraction of sp³-hybridized carbons (Fsp3) is 0.235. The largest absolute Gasteiger partial charge is 0.508 e. The first-order chi connectivity index (χ1) is 21.3. The molecule has 0 aliphatic heterocycles. The molecule has 1 aromatic heterocycles. The number of pyridine rings is 1. The summed E-state index contributed by atoms with van der Waals surface area (Å²) in [4.78, 5) is 43.3. The summed E-state index contributed by atoms with van der Waals surface area (Å²) in [7, 11) is 0. The zero-order chi connectivity index (χ0) is 31.3. The van der Waals surface area contributed by atoms with E-state index in [9.17, 15) is 19.5 Å². The minimum absolute atomic E-state index is 0.0906. The highest BCUT2D eigenvalue weighted by Crippen LogP contribution is 2.27. The number of hydrogen-bond donors (Lipinski definition) is 6. The summed E-state index contributed by atoms with van der Waals surface area (Å²) >= 11 is 0. The number of aliphatic hydroxyl groups is 1. The number of nitrogens with zero attached hydrogens (tertiary/aromatic N) is 1. The Morgan fingerprint density at radius 3 is 2.16 bits per heavy atom. The third-order valence-corrected chi connectivity index (χ3v) is 7.11. The van der Waals surface area contributed by atoms with Crippen LogP contribution in [0.3, 0.4) is 0 Å². The number of carbonyl (C=O) groups is 3. The first kappa shape index (κ1) is 31.7. The normalized spacial score (nSPS) is 12.1. The molecule has 1 heterocycles. The molecule has 0 bridgehead atoms. The molecule has 44 heavy (non-hydrogen) atoms. The molecule has 3 aromatic carbocycles. The van der Waals surface area contributed by atoms with E-state index >= 15 is 0 Å². The Labute approximate surface area is 256 Å². The van der Waals surface area contributed by atoms with E-state index in [4.69, 9.17) is 10.8 Å². The second-order valence-corrected chi connectivity index (χ2v) is 10.4. The van der Waals surface area contributed by atoms with Gasteiger partial charge in [-0.05, 0) is 64.9 Å². The number of amides is 3. The highest BCUT2D eigenvalue weighted by molar-refractivity contribution is 5.92. The average Bonchev–Trinajstić information content (AvgIpc) is 3.03. The number of anilines is 1. The Morgan fingerprint density at radius 1 is 0.795 bits per heavy atom. The van der Waals surface area contributed by atoms with Gasteiger partial charge in [0.15, 0.2) is 0 Å². The van der Waals surface area contributed by atoms with Gasteiger partial charge in [-0.1, -0.05) is 66.7 Å². The third-order valence-electron chi connectivity index (χ3n) is 7.11. The lowest BCUT2D eigenvalue weighted by atomic mass is 9.90. The molecule has 10 heteroatoms. The van der Waals surface area contributed by atoms with Gasteiger partial charge in [0.1, 0.15) is 17.6 Å². The fourth-order valence-electron chi connectivity index (χ4n) is 4.82. The maximum Gasteiger partial charge on any atom is 0.242 e. The molecule has 0 aliphatic carbocycles. The molecule has 4 aromatic rings. The zero-order valence-corrected chi connectivity index (χ0v) is 24.3. The van der Waals surface area contributed by atoms with Crippen LogP contribution in [0.25, 0.3) is 0 Å². The van der Waals surface area contributed by atoms with Crippen LogP contribution in [0, 0.1) is 0 Å². The van der Waals surface area contributed by atoms with Crippen molar-refractivity contribution in [3.05, 3.63) is 125 Å². The average molecular weight is 596 g/mol. The van der Waals surface area contributed by atoms with Crippen LogP contribution in [0.5, 0.6) is 5.75 Å². The Bertz CT molecular complexity index is 1530. The molecule has 7 N–H and O–H groups in total. The van der Waals surface area contributed by atoms with Crippen LogP contribution in [0.15, 0.2) is 97.2 Å². The predicted molar refractivity (Wildman–Crippen MR) is 167 cm³/mol. The van der Waals surface area contributed by atoms with Gasteiger partial charge in [0.05, 0.1) is 18.9 Å². The summed E-state index contributed by atoms with van der Waals surface area (Å²) in [6, 6.07) is 25.7. The van der Waals surface area contributed by atoms with E-state index in [0.29, 0.717) is 24.2 Å². The summed E-state index contributed by atoms with van der Waals surface area (Å²) in [5, 5.41) is 27.2. The number of phenolic OH excluding ortho intramolecular Hbond substituents is 1. The lowest BCUT2D eigenvalue weighted by Crippen LogP contribution is -2.48. The molecule has 10 nitrogen and oxygen atoms in total. The van der Waals surface area contributed by atoms with Gasteiger partial charge in [0.25, 0.3) is 0 Å². The molecule has 2 unspecified atom stereocenters. The first-order valence-electron chi connectivity index (χ1n) is 14.4. The van der Waals surface area contributed by atoms with Crippen LogP contribution in [0.4, 0.5) is 5.82 Å². The van der Waals surface area contributed by atoms with Crippen molar-refractivity contribution < 1.29 is 24.6 Å². The van der Waals surface area contributed by atoms with Gasteiger partial charge in [-0.3, -0.25) is 14.4 Å². The van der Waals surface area contributed by atoms with E-state index in [2.05, 4.69) is 20.9 Å². The van der Waals surface area contributed by atoms with Crippen molar-refractivity contribution in [2.75, 3.05) is 18.9 Å². The highest BCUT2D eigenvalue weighted by Gasteiger charge is 2.28. The maximum atomic E-state index is 13.8. The second-order valence-electron chi connectivity index (χ2n) is 10.4. The molecular formula is C34H37N5O5. The number of phenols is 1. The molecule has 3 amide bonds. The number of rotatable bonds is 14. The van der Waals surface area contributed by atoms with Crippen molar-refractivity contribution in [1.82, 2.24) is 20.9 Å². The van der Waals surface area contributed by atoms with Crippen LogP contribution < -0.4 is 21.7 Å². The number of aryl methyl sites for hydroxylation is 1. The van der Waals surface area contributed by atoms with Gasteiger partial charge >= 0.3 is 0 Å². The number of aromatic hydroxyl groups is 1. The van der Waals surface area contributed by atoms with Gasteiger partial charge in [-0.2, -0.15) is 0 Å². The monoisotopic (exact) mass is 595 g/mol. The number of aliphatic hydroxyl groups excluding tert-OH is 1. The van der Waals surface area contributed by atoms with Crippen LogP contribution in [-0.2, 0) is 33.8 Å². The van der Waals surface area contributed by atoms with Crippen molar-refractivity contribution in [3.63, 3.8) is 0 Å². The summed E-state index contributed by atoms with van der Waals surface area (Å²) in [6.07, 6.45) is 2.59. The van der Waals surface area contributed by atoms with Crippen molar-refractivity contribution in [2.24, 2.45) is 0 Å². The summed E-state index contributed by atoms with van der Waals surface area (Å²) in [5.74, 6) is -1.11. The van der Waals surface area contributed by atoms with Crippen molar-refractivity contribution in [1.29, 1.82) is 0 Å². The molecule has 0 spiro atoms. The smallest absolute Gasteiger partial charge is 0.242 e. The SMILES string of the molecule is Nc1cc(CCC(NC(=O)C(c2ccccc2)c2ccc(O)cc2)C(=O)NCc2ccc(CC(=O)NCCO)cc2)ccn1.